The summed E-state index contributed by atoms with van der Waals surface area (Å²) in [5, 5.41) is 0. The molecule has 3 nitrogen and oxygen atoms in total. The molecule has 40 heavy (non-hydrogen) atoms. The Hall–Kier alpha value is -4.37. The van der Waals surface area contributed by atoms with E-state index in [2.05, 4.69) is 139 Å². The lowest BCUT2D eigenvalue weighted by atomic mass is 9.86. The minimum Gasteiger partial charge on any atom is -0.208 e. The minimum absolute atomic E-state index is 0.0723. The van der Waals surface area contributed by atoms with E-state index in [0.29, 0.717) is 17.5 Å². The summed E-state index contributed by atoms with van der Waals surface area (Å²) < 4.78 is 0. The molecule has 5 rings (SSSR count). The van der Waals surface area contributed by atoms with Gasteiger partial charge in [-0.05, 0) is 38.6 Å². The molecule has 5 aromatic rings. The van der Waals surface area contributed by atoms with Gasteiger partial charge >= 0.3 is 0 Å². The van der Waals surface area contributed by atoms with Gasteiger partial charge < -0.3 is 0 Å². The van der Waals surface area contributed by atoms with Gasteiger partial charge in [0.25, 0.3) is 0 Å². The average molecular weight is 524 g/mol. The second kappa shape index (κ2) is 10.7. The van der Waals surface area contributed by atoms with E-state index in [-0.39, 0.29) is 10.8 Å². The lowest BCUT2D eigenvalue weighted by molar-refractivity contribution is 0.590. The SMILES string of the molecule is C=Cc1ccc(-c2ccccc2-c2nc(-c3ccc(C(C)(C)C)cc3)nc(-c3ccc(C(C)(C)C)cc3)n2)cc1. The molecule has 3 heteroatoms. The van der Waals surface area contributed by atoms with Gasteiger partial charge in [-0.15, -0.1) is 0 Å². The summed E-state index contributed by atoms with van der Waals surface area (Å²) in [6, 6.07) is 33.9. The van der Waals surface area contributed by atoms with Gasteiger partial charge in [-0.3, -0.25) is 0 Å². The maximum absolute atomic E-state index is 5.03. The summed E-state index contributed by atoms with van der Waals surface area (Å²) in [4.78, 5) is 15.0. The van der Waals surface area contributed by atoms with Gasteiger partial charge in [0, 0.05) is 16.7 Å². The van der Waals surface area contributed by atoms with Gasteiger partial charge in [-0.1, -0.05) is 151 Å². The summed E-state index contributed by atoms with van der Waals surface area (Å²) in [6.45, 7) is 17.2. The number of aromatic nitrogens is 3. The second-order valence-corrected chi connectivity index (χ2v) is 12.3. The molecule has 0 N–H and O–H groups in total. The molecule has 0 amide bonds. The summed E-state index contributed by atoms with van der Waals surface area (Å²) in [5.74, 6) is 1.98. The van der Waals surface area contributed by atoms with Crippen molar-refractivity contribution in [3.05, 3.63) is 120 Å². The van der Waals surface area contributed by atoms with E-state index in [1.54, 1.807) is 0 Å². The molecule has 0 saturated heterocycles. The third-order valence-corrected chi connectivity index (χ3v) is 7.28. The summed E-state index contributed by atoms with van der Waals surface area (Å²) in [7, 11) is 0. The topological polar surface area (TPSA) is 38.7 Å². The van der Waals surface area contributed by atoms with Crippen molar-refractivity contribution in [2.75, 3.05) is 0 Å². The van der Waals surface area contributed by atoms with Crippen LogP contribution in [-0.2, 0) is 10.8 Å². The van der Waals surface area contributed by atoms with Crippen LogP contribution in [0.5, 0.6) is 0 Å². The fraction of sp³-hybridized carbons (Fsp3) is 0.216. The number of hydrogen-bond donors (Lipinski definition) is 0. The Kier molecular flexibility index (Phi) is 7.25. The third-order valence-electron chi connectivity index (χ3n) is 7.28. The molecule has 0 atom stereocenters. The summed E-state index contributed by atoms with van der Waals surface area (Å²) >= 11 is 0. The molecule has 4 aromatic carbocycles. The van der Waals surface area contributed by atoms with E-state index < -0.39 is 0 Å². The number of rotatable bonds is 5. The van der Waals surface area contributed by atoms with E-state index in [1.807, 2.05) is 12.1 Å². The van der Waals surface area contributed by atoms with E-state index in [4.69, 9.17) is 15.0 Å². The van der Waals surface area contributed by atoms with E-state index in [9.17, 15) is 0 Å². The van der Waals surface area contributed by atoms with Crippen LogP contribution >= 0.6 is 0 Å². The standard InChI is InChI=1S/C37H37N3/c1-8-25-13-15-26(16-14-25)31-11-9-10-12-32(31)35-39-33(27-17-21-29(22-18-27)36(2,3)4)38-34(40-35)28-19-23-30(24-20-28)37(5,6)7/h8-24H,1H2,2-7H3. The average Bonchev–Trinajstić information content (AvgIpc) is 2.96. The van der Waals surface area contributed by atoms with Crippen LogP contribution in [0.25, 0.3) is 51.4 Å². The van der Waals surface area contributed by atoms with Crippen molar-refractivity contribution in [2.24, 2.45) is 0 Å². The Balaban J connectivity index is 1.67. The zero-order valence-electron chi connectivity index (χ0n) is 24.4. The van der Waals surface area contributed by atoms with Crippen LogP contribution in [0.2, 0.25) is 0 Å². The molecule has 0 bridgehead atoms. The summed E-state index contributed by atoms with van der Waals surface area (Å²) in [5.41, 5.74) is 8.87. The Bertz CT molecular complexity index is 1560. The molecule has 0 saturated carbocycles. The molecule has 0 unspecified atom stereocenters. The molecule has 0 spiro atoms. The lowest BCUT2D eigenvalue weighted by Gasteiger charge is -2.19. The Morgan fingerprint density at radius 3 is 1.30 bits per heavy atom. The zero-order chi connectivity index (χ0) is 28.5. The van der Waals surface area contributed by atoms with Gasteiger partial charge in [-0.25, -0.2) is 15.0 Å². The molecule has 0 aliphatic rings. The highest BCUT2D eigenvalue weighted by molar-refractivity contribution is 5.82. The Labute approximate surface area is 238 Å². The molecule has 0 fully saturated rings. The van der Waals surface area contributed by atoms with E-state index in [1.165, 1.54) is 11.1 Å². The minimum atomic E-state index is 0.0723. The van der Waals surface area contributed by atoms with Crippen LogP contribution in [0, 0.1) is 0 Å². The van der Waals surface area contributed by atoms with E-state index >= 15 is 0 Å². The number of hydrogen-bond acceptors (Lipinski definition) is 3. The maximum Gasteiger partial charge on any atom is 0.164 e. The van der Waals surface area contributed by atoms with Crippen molar-refractivity contribution in [1.29, 1.82) is 0 Å². The van der Waals surface area contributed by atoms with Crippen molar-refractivity contribution in [2.45, 2.75) is 52.4 Å². The van der Waals surface area contributed by atoms with Gasteiger partial charge in [0.15, 0.2) is 17.5 Å². The molecule has 200 valence electrons. The van der Waals surface area contributed by atoms with Gasteiger partial charge in [-0.2, -0.15) is 0 Å². The number of benzene rings is 4. The van der Waals surface area contributed by atoms with Crippen LogP contribution in [0.1, 0.15) is 58.2 Å². The second-order valence-electron chi connectivity index (χ2n) is 12.3. The highest BCUT2D eigenvalue weighted by atomic mass is 15.0. The van der Waals surface area contributed by atoms with Crippen molar-refractivity contribution >= 4 is 6.08 Å². The fourth-order valence-corrected chi connectivity index (χ4v) is 4.72. The first-order valence-corrected chi connectivity index (χ1v) is 13.8. The monoisotopic (exact) mass is 523 g/mol. The smallest absolute Gasteiger partial charge is 0.164 e. The third kappa shape index (κ3) is 5.79. The van der Waals surface area contributed by atoms with Gasteiger partial charge in [0.1, 0.15) is 0 Å². The van der Waals surface area contributed by atoms with Crippen LogP contribution in [0.15, 0.2) is 104 Å². The first kappa shape index (κ1) is 27.2. The highest BCUT2D eigenvalue weighted by Crippen LogP contribution is 2.33. The first-order valence-electron chi connectivity index (χ1n) is 13.8. The van der Waals surface area contributed by atoms with Crippen molar-refractivity contribution in [3.63, 3.8) is 0 Å². The lowest BCUT2D eigenvalue weighted by Crippen LogP contribution is -2.11. The van der Waals surface area contributed by atoms with Crippen molar-refractivity contribution in [3.8, 4) is 45.3 Å². The van der Waals surface area contributed by atoms with Crippen LogP contribution < -0.4 is 0 Å². The molecule has 0 aliphatic carbocycles. The highest BCUT2D eigenvalue weighted by Gasteiger charge is 2.18. The van der Waals surface area contributed by atoms with Crippen molar-refractivity contribution < 1.29 is 0 Å². The van der Waals surface area contributed by atoms with Crippen molar-refractivity contribution in [1.82, 2.24) is 15.0 Å². The van der Waals surface area contributed by atoms with Crippen LogP contribution in [0.4, 0.5) is 0 Å². The first-order chi connectivity index (χ1) is 19.0. The molecule has 0 radical (unpaired) electrons. The molecule has 1 heterocycles. The van der Waals surface area contributed by atoms with Crippen LogP contribution in [0.3, 0.4) is 0 Å². The molecular weight excluding hydrogens is 486 g/mol. The Morgan fingerprint density at radius 1 is 0.475 bits per heavy atom. The maximum atomic E-state index is 5.03. The largest absolute Gasteiger partial charge is 0.208 e. The predicted molar refractivity (Wildman–Crippen MR) is 169 cm³/mol. The normalized spacial score (nSPS) is 11.8. The zero-order valence-corrected chi connectivity index (χ0v) is 24.4. The van der Waals surface area contributed by atoms with E-state index in [0.717, 1.165) is 33.4 Å². The number of nitrogens with zero attached hydrogens (tertiary/aromatic N) is 3. The molecular formula is C37H37N3. The molecule has 1 aromatic heterocycles. The summed E-state index contributed by atoms with van der Waals surface area (Å²) in [6.07, 6.45) is 1.86. The fourth-order valence-electron chi connectivity index (χ4n) is 4.72. The quantitative estimate of drug-likeness (QED) is 0.230. The molecule has 0 aliphatic heterocycles. The Morgan fingerprint density at radius 2 is 0.875 bits per heavy atom. The van der Waals surface area contributed by atoms with Crippen LogP contribution in [-0.4, -0.2) is 15.0 Å². The van der Waals surface area contributed by atoms with Gasteiger partial charge in [0.2, 0.25) is 0 Å². The predicted octanol–water partition coefficient (Wildman–Crippen LogP) is 9.78. The van der Waals surface area contributed by atoms with Gasteiger partial charge in [0.05, 0.1) is 0 Å².